The van der Waals surface area contributed by atoms with Crippen LogP contribution in [-0.4, -0.2) is 30.6 Å². The van der Waals surface area contributed by atoms with Gasteiger partial charge in [-0.2, -0.15) is 10.2 Å². The lowest BCUT2D eigenvalue weighted by Gasteiger charge is -2.23. The molecule has 2 atom stereocenters. The third-order valence-corrected chi connectivity index (χ3v) is 3.30. The van der Waals surface area contributed by atoms with Gasteiger partial charge in [-0.15, -0.1) is 0 Å². The summed E-state index contributed by atoms with van der Waals surface area (Å²) >= 11 is 0. The van der Waals surface area contributed by atoms with Crippen LogP contribution in [0.25, 0.3) is 0 Å². The lowest BCUT2D eigenvalue weighted by atomic mass is 10.3. The van der Waals surface area contributed by atoms with Crippen LogP contribution in [0.3, 0.4) is 0 Å². The molecule has 0 aromatic heterocycles. The van der Waals surface area contributed by atoms with Crippen molar-refractivity contribution in [1.29, 1.82) is 0 Å². The molecule has 0 bridgehead atoms. The Morgan fingerprint density at radius 3 is 2.12 bits per heavy atom. The zero-order valence-electron chi connectivity index (χ0n) is 14.5. The van der Waals surface area contributed by atoms with Crippen LogP contribution in [0.1, 0.15) is 6.92 Å². The molecule has 2 unspecified atom stereocenters. The predicted molar refractivity (Wildman–Crippen MR) is 95.9 cm³/mol. The molecular weight excluding hydrogens is 336 g/mol. The van der Waals surface area contributed by atoms with Crippen LogP contribution < -0.4 is 4.74 Å². The van der Waals surface area contributed by atoms with E-state index in [9.17, 15) is 9.90 Å². The van der Waals surface area contributed by atoms with E-state index in [0.29, 0.717) is 17.1 Å². The normalized spacial score (nSPS) is 13.2. The van der Waals surface area contributed by atoms with Crippen molar-refractivity contribution in [3.63, 3.8) is 0 Å². The van der Waals surface area contributed by atoms with Crippen LogP contribution >= 0.6 is 0 Å². The molecule has 0 saturated heterocycles. The maximum Gasteiger partial charge on any atom is 0.330 e. The van der Waals surface area contributed by atoms with Gasteiger partial charge in [-0.25, -0.2) is 4.79 Å². The predicted octanol–water partition coefficient (Wildman–Crippen LogP) is 4.28. The van der Waals surface area contributed by atoms with Crippen molar-refractivity contribution < 1.29 is 24.1 Å². The Bertz CT molecular complexity index is 757. The van der Waals surface area contributed by atoms with Crippen molar-refractivity contribution in [2.75, 3.05) is 7.11 Å². The molecule has 0 spiro atoms. The van der Waals surface area contributed by atoms with Crippen molar-refractivity contribution in [2.45, 2.75) is 19.3 Å². The number of methoxy groups -OCH3 is 1. The summed E-state index contributed by atoms with van der Waals surface area (Å²) in [5.74, 6) is 0.154. The van der Waals surface area contributed by atoms with Gasteiger partial charge in [0.25, 0.3) is 0 Å². The van der Waals surface area contributed by atoms with Crippen molar-refractivity contribution >= 4 is 17.3 Å². The van der Waals surface area contributed by atoms with E-state index in [0.717, 1.165) is 6.08 Å². The average molecular weight is 356 g/mol. The van der Waals surface area contributed by atoms with E-state index in [1.54, 1.807) is 43.3 Å². The van der Waals surface area contributed by atoms with E-state index in [1.807, 2.05) is 0 Å². The number of hydrogen-bond donors (Lipinski definition) is 1. The number of aromatic hydroxyl groups is 1. The monoisotopic (exact) mass is 356 g/mol. The Morgan fingerprint density at radius 2 is 1.62 bits per heavy atom. The molecule has 2 rings (SSSR count). The molecule has 0 radical (unpaired) electrons. The summed E-state index contributed by atoms with van der Waals surface area (Å²) in [4.78, 5) is 11.3. The van der Waals surface area contributed by atoms with Crippen LogP contribution in [0.2, 0.25) is 0 Å². The molecule has 0 aliphatic carbocycles. The zero-order chi connectivity index (χ0) is 18.9. The van der Waals surface area contributed by atoms with Crippen molar-refractivity contribution in [3.05, 3.63) is 61.2 Å². The summed E-state index contributed by atoms with van der Waals surface area (Å²) in [6.07, 6.45) is -0.292. The smallest absolute Gasteiger partial charge is 0.330 e. The van der Waals surface area contributed by atoms with Gasteiger partial charge >= 0.3 is 5.97 Å². The molecule has 136 valence electrons. The number of carbonyl (C=O) groups is 1. The van der Waals surface area contributed by atoms with Gasteiger partial charge in [0.2, 0.25) is 6.29 Å². The molecule has 7 nitrogen and oxygen atoms in total. The standard InChI is InChI=1S/C19H20N2O5/c1-4-18(23)25-13(2)19(24-3)26-17-11-7-15(8-12-17)21-20-14-5-9-16(22)10-6-14/h4-13,19,22H,1H2,2-3H3. The topological polar surface area (TPSA) is 89.7 Å². The number of nitrogens with zero attached hydrogens (tertiary/aromatic N) is 2. The first-order valence-electron chi connectivity index (χ1n) is 7.85. The summed E-state index contributed by atoms with van der Waals surface area (Å²) in [7, 11) is 1.46. The van der Waals surface area contributed by atoms with E-state index in [4.69, 9.17) is 14.2 Å². The Hall–Kier alpha value is -3.19. The molecule has 0 amide bonds. The third kappa shape index (κ3) is 5.71. The maximum atomic E-state index is 11.3. The number of esters is 1. The second kappa shape index (κ2) is 9.33. The van der Waals surface area contributed by atoms with Gasteiger partial charge < -0.3 is 19.3 Å². The minimum Gasteiger partial charge on any atom is -0.508 e. The molecule has 26 heavy (non-hydrogen) atoms. The highest BCUT2D eigenvalue weighted by Crippen LogP contribution is 2.23. The van der Waals surface area contributed by atoms with Gasteiger partial charge in [0.1, 0.15) is 11.5 Å². The van der Waals surface area contributed by atoms with Gasteiger partial charge in [0, 0.05) is 13.2 Å². The number of azo groups is 1. The lowest BCUT2D eigenvalue weighted by Crippen LogP contribution is -2.34. The summed E-state index contributed by atoms with van der Waals surface area (Å²) in [6, 6.07) is 13.3. The molecule has 7 heteroatoms. The van der Waals surface area contributed by atoms with Gasteiger partial charge in [-0.3, -0.25) is 0 Å². The third-order valence-electron chi connectivity index (χ3n) is 3.30. The highest BCUT2D eigenvalue weighted by atomic mass is 16.7. The van der Waals surface area contributed by atoms with Crippen LogP contribution in [-0.2, 0) is 14.3 Å². The van der Waals surface area contributed by atoms with Gasteiger partial charge in [0.05, 0.1) is 11.4 Å². The van der Waals surface area contributed by atoms with E-state index in [2.05, 4.69) is 16.8 Å². The van der Waals surface area contributed by atoms with E-state index >= 15 is 0 Å². The quantitative estimate of drug-likeness (QED) is 0.330. The van der Waals surface area contributed by atoms with Gasteiger partial charge in [0.15, 0.2) is 6.10 Å². The second-order valence-corrected chi connectivity index (χ2v) is 5.28. The Kier molecular flexibility index (Phi) is 6.87. The number of benzene rings is 2. The molecule has 0 aliphatic rings. The minimum absolute atomic E-state index is 0.172. The molecular formula is C19H20N2O5. The van der Waals surface area contributed by atoms with Crippen LogP contribution in [0, 0.1) is 0 Å². The molecule has 0 aliphatic heterocycles. The van der Waals surface area contributed by atoms with E-state index < -0.39 is 18.4 Å². The van der Waals surface area contributed by atoms with Crippen molar-refractivity contribution in [1.82, 2.24) is 0 Å². The zero-order valence-corrected chi connectivity index (χ0v) is 14.5. The molecule has 0 fully saturated rings. The van der Waals surface area contributed by atoms with Crippen LogP contribution in [0.4, 0.5) is 11.4 Å². The maximum absolute atomic E-state index is 11.3. The van der Waals surface area contributed by atoms with E-state index in [1.165, 1.54) is 19.2 Å². The lowest BCUT2D eigenvalue weighted by molar-refractivity contribution is -0.167. The molecule has 2 aromatic carbocycles. The first kappa shape index (κ1) is 19.1. The number of carbonyl (C=O) groups excluding carboxylic acids is 1. The first-order chi connectivity index (χ1) is 12.5. The van der Waals surface area contributed by atoms with Crippen molar-refractivity contribution in [2.24, 2.45) is 10.2 Å². The van der Waals surface area contributed by atoms with Crippen LogP contribution in [0.15, 0.2) is 71.4 Å². The largest absolute Gasteiger partial charge is 0.508 e. The Morgan fingerprint density at radius 1 is 1.08 bits per heavy atom. The number of hydrogen-bond acceptors (Lipinski definition) is 7. The Balaban J connectivity index is 1.98. The average Bonchev–Trinajstić information content (AvgIpc) is 2.66. The number of ether oxygens (including phenoxy) is 3. The van der Waals surface area contributed by atoms with Crippen LogP contribution in [0.5, 0.6) is 11.5 Å². The highest BCUT2D eigenvalue weighted by molar-refractivity contribution is 5.81. The summed E-state index contributed by atoms with van der Waals surface area (Å²) in [5.41, 5.74) is 1.26. The van der Waals surface area contributed by atoms with Crippen molar-refractivity contribution in [3.8, 4) is 11.5 Å². The number of rotatable bonds is 8. The molecule has 0 heterocycles. The first-order valence-corrected chi connectivity index (χ1v) is 7.85. The summed E-state index contributed by atoms with van der Waals surface area (Å²) < 4.78 is 16.0. The van der Waals surface area contributed by atoms with Gasteiger partial charge in [-0.1, -0.05) is 6.58 Å². The van der Waals surface area contributed by atoms with Gasteiger partial charge in [-0.05, 0) is 55.5 Å². The summed E-state index contributed by atoms with van der Waals surface area (Å²) in [5, 5.41) is 17.4. The fourth-order valence-corrected chi connectivity index (χ4v) is 1.98. The number of phenolic OH excluding ortho intramolecular Hbond substituents is 1. The highest BCUT2D eigenvalue weighted by Gasteiger charge is 2.21. The summed E-state index contributed by atoms with van der Waals surface area (Å²) in [6.45, 7) is 5.01. The molecule has 1 N–H and O–H groups in total. The van der Waals surface area contributed by atoms with E-state index in [-0.39, 0.29) is 5.75 Å². The second-order valence-electron chi connectivity index (χ2n) is 5.28. The Labute approximate surface area is 151 Å². The minimum atomic E-state index is -0.761. The number of phenols is 1. The SMILES string of the molecule is C=CC(=O)OC(C)C(OC)Oc1ccc(N=Nc2ccc(O)cc2)cc1. The molecule has 0 saturated carbocycles. The fraction of sp³-hybridized carbons (Fsp3) is 0.211. The molecule has 2 aromatic rings. The fourth-order valence-electron chi connectivity index (χ4n) is 1.98.